The van der Waals surface area contributed by atoms with Crippen LogP contribution in [0.3, 0.4) is 0 Å². The van der Waals surface area contributed by atoms with Gasteiger partial charge in [-0.25, -0.2) is 22.8 Å². The molecule has 0 saturated carbocycles. The largest absolute Gasteiger partial charge is 0.348 e. The average molecular weight is 480 g/mol. The van der Waals surface area contributed by atoms with Gasteiger partial charge in [0.05, 0.1) is 4.90 Å². The van der Waals surface area contributed by atoms with Gasteiger partial charge in [0.25, 0.3) is 15.9 Å². The van der Waals surface area contributed by atoms with Crippen molar-refractivity contribution in [1.29, 1.82) is 0 Å². The van der Waals surface area contributed by atoms with E-state index >= 15 is 0 Å². The molecule has 0 saturated heterocycles. The lowest BCUT2D eigenvalue weighted by Gasteiger charge is -2.12. The number of carbonyl (C=O) groups excluding carboxylic acids is 1. The zero-order valence-corrected chi connectivity index (χ0v) is 19.3. The molecule has 0 unspecified atom stereocenters. The average Bonchev–Trinajstić information content (AvgIpc) is 3.25. The van der Waals surface area contributed by atoms with Gasteiger partial charge < -0.3 is 5.32 Å². The summed E-state index contributed by atoms with van der Waals surface area (Å²) in [4.78, 5) is 21.3. The molecule has 4 rings (SSSR count). The fourth-order valence-corrected chi connectivity index (χ4v) is 4.43. The lowest BCUT2D eigenvalue weighted by Crippen LogP contribution is -2.24. The summed E-state index contributed by atoms with van der Waals surface area (Å²) in [5.41, 5.74) is 1.91. The molecule has 174 valence electrons. The van der Waals surface area contributed by atoms with Crippen LogP contribution in [0.2, 0.25) is 0 Å². The number of nitrogens with zero attached hydrogens (tertiary/aromatic N) is 3. The number of anilines is 1. The lowest BCUT2D eigenvalue weighted by atomic mass is 10.1. The first kappa shape index (κ1) is 23.1. The van der Waals surface area contributed by atoms with E-state index in [4.69, 9.17) is 0 Å². The minimum absolute atomic E-state index is 0.0747. The fraction of sp³-hybridized carbons (Fsp3) is 0.125. The zero-order valence-electron chi connectivity index (χ0n) is 18.5. The van der Waals surface area contributed by atoms with Gasteiger partial charge in [0.1, 0.15) is 17.5 Å². The van der Waals surface area contributed by atoms with Crippen LogP contribution < -0.4 is 10.0 Å². The number of aromatic nitrogens is 3. The van der Waals surface area contributed by atoms with Crippen LogP contribution >= 0.6 is 0 Å². The number of amides is 1. The first-order valence-electron chi connectivity index (χ1n) is 10.4. The number of benzene rings is 2. The topological polar surface area (TPSA) is 106 Å². The molecule has 0 aliphatic carbocycles. The van der Waals surface area contributed by atoms with E-state index in [1.54, 1.807) is 37.6 Å². The molecular formula is C24H22FN5O3S. The number of sulfonamides is 1. The zero-order chi connectivity index (χ0) is 24.3. The summed E-state index contributed by atoms with van der Waals surface area (Å²) in [5, 5.41) is 2.83. The number of imidazole rings is 1. The second-order valence-electron chi connectivity index (χ2n) is 7.64. The highest BCUT2D eigenvalue weighted by molar-refractivity contribution is 7.92. The molecule has 0 aliphatic rings. The Balaban J connectivity index is 1.50. The van der Waals surface area contributed by atoms with Crippen molar-refractivity contribution in [2.75, 3.05) is 4.72 Å². The van der Waals surface area contributed by atoms with E-state index in [9.17, 15) is 17.6 Å². The Morgan fingerprint density at radius 1 is 1.00 bits per heavy atom. The van der Waals surface area contributed by atoms with Gasteiger partial charge in [-0.1, -0.05) is 6.07 Å². The van der Waals surface area contributed by atoms with Crippen molar-refractivity contribution in [2.24, 2.45) is 0 Å². The summed E-state index contributed by atoms with van der Waals surface area (Å²) < 4.78 is 42.9. The van der Waals surface area contributed by atoms with E-state index in [2.05, 4.69) is 20.0 Å². The van der Waals surface area contributed by atoms with Crippen LogP contribution in [0.15, 0.2) is 78.1 Å². The van der Waals surface area contributed by atoms with Gasteiger partial charge >= 0.3 is 0 Å². The number of halogens is 1. The monoisotopic (exact) mass is 479 g/mol. The normalized spacial score (nSPS) is 11.3. The van der Waals surface area contributed by atoms with Crippen molar-refractivity contribution in [2.45, 2.75) is 25.3 Å². The second kappa shape index (κ2) is 9.44. The highest BCUT2D eigenvalue weighted by Gasteiger charge is 2.18. The summed E-state index contributed by atoms with van der Waals surface area (Å²) in [7, 11) is -3.97. The molecule has 0 spiro atoms. The summed E-state index contributed by atoms with van der Waals surface area (Å²) >= 11 is 0. The molecule has 0 bridgehead atoms. The maximum atomic E-state index is 13.1. The van der Waals surface area contributed by atoms with Crippen LogP contribution in [0.4, 0.5) is 10.1 Å². The van der Waals surface area contributed by atoms with Crippen molar-refractivity contribution in [1.82, 2.24) is 19.9 Å². The Labute approximate surface area is 196 Å². The third-order valence-corrected chi connectivity index (χ3v) is 6.57. The van der Waals surface area contributed by atoms with Gasteiger partial charge in [0.2, 0.25) is 0 Å². The van der Waals surface area contributed by atoms with E-state index in [0.29, 0.717) is 11.4 Å². The molecule has 2 N–H and O–H groups in total. The molecule has 0 fully saturated rings. The summed E-state index contributed by atoms with van der Waals surface area (Å²) in [5.74, 6) is 0.585. The van der Waals surface area contributed by atoms with Gasteiger partial charge in [-0.15, -0.1) is 0 Å². The predicted molar refractivity (Wildman–Crippen MR) is 126 cm³/mol. The van der Waals surface area contributed by atoms with E-state index in [-0.39, 0.29) is 22.7 Å². The van der Waals surface area contributed by atoms with Crippen LogP contribution in [-0.4, -0.2) is 28.9 Å². The van der Waals surface area contributed by atoms with E-state index < -0.39 is 21.7 Å². The molecule has 2 heterocycles. The second-order valence-corrected chi connectivity index (χ2v) is 9.32. The first-order valence-corrected chi connectivity index (χ1v) is 11.8. The molecule has 10 heteroatoms. The van der Waals surface area contributed by atoms with Crippen molar-refractivity contribution in [3.05, 3.63) is 102 Å². The van der Waals surface area contributed by atoms with Gasteiger partial charge in [0.15, 0.2) is 0 Å². The van der Waals surface area contributed by atoms with Crippen LogP contribution in [0.5, 0.6) is 0 Å². The molecular weight excluding hydrogens is 457 g/mol. The van der Waals surface area contributed by atoms with E-state index in [1.807, 2.05) is 17.6 Å². The number of nitrogens with one attached hydrogen (secondary N) is 2. The quantitative estimate of drug-likeness (QED) is 0.420. The van der Waals surface area contributed by atoms with Gasteiger partial charge in [0, 0.05) is 36.4 Å². The number of carbonyl (C=O) groups is 1. The Hall–Kier alpha value is -4.05. The van der Waals surface area contributed by atoms with Crippen molar-refractivity contribution < 1.29 is 17.6 Å². The van der Waals surface area contributed by atoms with Crippen molar-refractivity contribution in [3.63, 3.8) is 0 Å². The molecule has 8 nitrogen and oxygen atoms in total. The predicted octanol–water partition coefficient (Wildman–Crippen LogP) is 3.75. The third kappa shape index (κ3) is 5.12. The smallest absolute Gasteiger partial charge is 0.261 e. The fourth-order valence-electron chi connectivity index (χ4n) is 3.34. The first-order chi connectivity index (χ1) is 16.2. The number of hydrogen-bond donors (Lipinski definition) is 2. The van der Waals surface area contributed by atoms with E-state index in [1.165, 1.54) is 24.3 Å². The highest BCUT2D eigenvalue weighted by atomic mass is 32.2. The molecule has 2 aromatic heterocycles. The van der Waals surface area contributed by atoms with Gasteiger partial charge in [-0.2, -0.15) is 0 Å². The highest BCUT2D eigenvalue weighted by Crippen LogP contribution is 2.20. The summed E-state index contributed by atoms with van der Waals surface area (Å²) in [6, 6.07) is 12.9. The Kier molecular flexibility index (Phi) is 6.42. The van der Waals surface area contributed by atoms with Crippen LogP contribution in [-0.2, 0) is 16.6 Å². The lowest BCUT2D eigenvalue weighted by molar-refractivity contribution is 0.0950. The maximum Gasteiger partial charge on any atom is 0.261 e. The van der Waals surface area contributed by atoms with Crippen LogP contribution in [0, 0.1) is 19.7 Å². The molecule has 0 aliphatic heterocycles. The minimum atomic E-state index is -3.97. The molecule has 0 atom stereocenters. The Morgan fingerprint density at radius 2 is 1.76 bits per heavy atom. The molecule has 34 heavy (non-hydrogen) atoms. The summed E-state index contributed by atoms with van der Waals surface area (Å²) in [6.07, 6.45) is 5.13. The van der Waals surface area contributed by atoms with Gasteiger partial charge in [-0.05, 0) is 73.5 Å². The minimum Gasteiger partial charge on any atom is -0.348 e. The molecule has 1 amide bonds. The number of hydrogen-bond acceptors (Lipinski definition) is 5. The Morgan fingerprint density at radius 3 is 2.47 bits per heavy atom. The molecule has 0 radical (unpaired) electrons. The van der Waals surface area contributed by atoms with E-state index in [0.717, 1.165) is 23.5 Å². The number of rotatable bonds is 7. The van der Waals surface area contributed by atoms with Crippen LogP contribution in [0.25, 0.3) is 5.82 Å². The van der Waals surface area contributed by atoms with Gasteiger partial charge in [-0.3, -0.25) is 14.1 Å². The Bertz CT molecular complexity index is 1450. The number of aryl methyl sites for hydroxylation is 2. The van der Waals surface area contributed by atoms with Crippen molar-refractivity contribution in [3.8, 4) is 5.82 Å². The van der Waals surface area contributed by atoms with Crippen LogP contribution in [0.1, 0.15) is 27.3 Å². The SMILES string of the molecule is Cc1ccc(S(=O)(=O)Nc2ccc(F)cc2)cc1C(=O)NCc1ccnc(-n2ccnc2C)c1. The summed E-state index contributed by atoms with van der Waals surface area (Å²) in [6.45, 7) is 3.82. The maximum absolute atomic E-state index is 13.1. The number of pyridine rings is 1. The standard InChI is InChI=1S/C24H22FN5O3S/c1-16-3-8-21(34(32,33)29-20-6-4-19(25)5-7-20)14-22(16)24(31)28-15-18-9-10-27-23(13-18)30-12-11-26-17(30)2/h3-14,29H,15H2,1-2H3,(H,28,31). The molecule has 4 aromatic rings. The van der Waals surface area contributed by atoms with Crippen molar-refractivity contribution >= 4 is 21.6 Å². The molecule has 2 aromatic carbocycles. The third-order valence-electron chi connectivity index (χ3n) is 5.20.